The molecule has 1 N–H and O–H groups in total. The molecule has 0 aliphatic heterocycles. The van der Waals surface area contributed by atoms with Crippen LogP contribution in [0, 0.1) is 12.7 Å². The summed E-state index contributed by atoms with van der Waals surface area (Å²) in [5.74, 6) is -1.01. The maximum Gasteiger partial charge on any atom is 0.254 e. The van der Waals surface area contributed by atoms with Crippen LogP contribution in [0.5, 0.6) is 0 Å². The summed E-state index contributed by atoms with van der Waals surface area (Å²) in [5.41, 5.74) is 1.22. The molecular formula is C12H12BrFN4O. The summed E-state index contributed by atoms with van der Waals surface area (Å²) < 4.78 is 14.4. The molecule has 0 unspecified atom stereocenters. The van der Waals surface area contributed by atoms with Crippen LogP contribution < -0.4 is 5.32 Å². The molecule has 0 radical (unpaired) electrons. The molecule has 0 aliphatic carbocycles. The number of carbonyl (C=O) groups excluding carboxylic acids is 1. The van der Waals surface area contributed by atoms with Gasteiger partial charge in [0.1, 0.15) is 11.5 Å². The number of nitrogens with one attached hydrogen (secondary N) is 1. The van der Waals surface area contributed by atoms with Crippen molar-refractivity contribution in [1.29, 1.82) is 0 Å². The second-order valence-electron chi connectivity index (χ2n) is 4.04. The van der Waals surface area contributed by atoms with E-state index in [1.54, 1.807) is 26.2 Å². The van der Waals surface area contributed by atoms with Crippen LogP contribution in [0.25, 0.3) is 0 Å². The van der Waals surface area contributed by atoms with E-state index in [4.69, 9.17) is 0 Å². The third-order valence-corrected chi connectivity index (χ3v) is 3.51. The molecule has 2 rings (SSSR count). The van der Waals surface area contributed by atoms with Gasteiger partial charge in [0.2, 0.25) is 0 Å². The average Bonchev–Trinajstić information content (AvgIpc) is 2.78. The Morgan fingerprint density at radius 3 is 2.89 bits per heavy atom. The summed E-state index contributed by atoms with van der Waals surface area (Å²) in [6, 6.07) is 2.83. The molecule has 100 valence electrons. The van der Waals surface area contributed by atoms with Crippen molar-refractivity contribution >= 4 is 21.8 Å². The predicted octanol–water partition coefficient (Wildman–Crippen LogP) is 1.96. The van der Waals surface area contributed by atoms with Crippen molar-refractivity contribution in [2.75, 3.05) is 0 Å². The Kier molecular flexibility index (Phi) is 3.94. The van der Waals surface area contributed by atoms with Gasteiger partial charge in [-0.15, -0.1) is 0 Å². The van der Waals surface area contributed by atoms with E-state index in [9.17, 15) is 9.18 Å². The smallest absolute Gasteiger partial charge is 0.254 e. The number of halogens is 2. The zero-order valence-corrected chi connectivity index (χ0v) is 12.0. The zero-order valence-electron chi connectivity index (χ0n) is 10.4. The number of aromatic nitrogens is 3. The number of hydrogen-bond donors (Lipinski definition) is 1. The Labute approximate surface area is 117 Å². The number of rotatable bonds is 3. The molecule has 1 aromatic carbocycles. The maximum absolute atomic E-state index is 13.7. The molecule has 1 amide bonds. The van der Waals surface area contributed by atoms with Crippen LogP contribution in [-0.2, 0) is 13.6 Å². The Morgan fingerprint density at radius 1 is 1.53 bits per heavy atom. The Bertz CT molecular complexity index is 626. The largest absolute Gasteiger partial charge is 0.346 e. The van der Waals surface area contributed by atoms with Gasteiger partial charge in [0.05, 0.1) is 18.3 Å². The molecule has 0 aliphatic rings. The van der Waals surface area contributed by atoms with E-state index >= 15 is 0 Å². The second-order valence-corrected chi connectivity index (χ2v) is 4.89. The number of carbonyl (C=O) groups is 1. The fraction of sp³-hybridized carbons (Fsp3) is 0.250. The van der Waals surface area contributed by atoms with Crippen molar-refractivity contribution in [3.05, 3.63) is 45.4 Å². The topological polar surface area (TPSA) is 59.8 Å². The first-order valence-electron chi connectivity index (χ1n) is 5.57. The van der Waals surface area contributed by atoms with Crippen molar-refractivity contribution in [2.45, 2.75) is 13.5 Å². The predicted molar refractivity (Wildman–Crippen MR) is 71.0 cm³/mol. The second kappa shape index (κ2) is 5.48. The third kappa shape index (κ3) is 2.98. The van der Waals surface area contributed by atoms with Gasteiger partial charge in [0, 0.05) is 11.5 Å². The average molecular weight is 327 g/mol. The highest BCUT2D eigenvalue weighted by Crippen LogP contribution is 2.22. The highest BCUT2D eigenvalue weighted by molar-refractivity contribution is 9.10. The van der Waals surface area contributed by atoms with Crippen LogP contribution in [0.15, 0.2) is 22.8 Å². The lowest BCUT2D eigenvalue weighted by atomic mass is 10.1. The summed E-state index contributed by atoms with van der Waals surface area (Å²) in [6.07, 6.45) is 1.55. The maximum atomic E-state index is 13.7. The zero-order chi connectivity index (χ0) is 14.0. The van der Waals surface area contributed by atoms with Crippen LogP contribution in [-0.4, -0.2) is 20.9 Å². The van der Waals surface area contributed by atoms with Crippen LogP contribution in [0.1, 0.15) is 21.6 Å². The first-order valence-corrected chi connectivity index (χ1v) is 6.36. The van der Waals surface area contributed by atoms with Crippen molar-refractivity contribution in [1.82, 2.24) is 20.3 Å². The third-order valence-electron chi connectivity index (χ3n) is 2.65. The molecule has 5 nitrogen and oxygen atoms in total. The Morgan fingerprint density at radius 2 is 2.26 bits per heavy atom. The molecular weight excluding hydrogens is 315 g/mol. The highest BCUT2D eigenvalue weighted by Gasteiger charge is 2.16. The summed E-state index contributed by atoms with van der Waals surface area (Å²) >= 11 is 3.28. The van der Waals surface area contributed by atoms with Crippen LogP contribution in [0.3, 0.4) is 0 Å². The fourth-order valence-electron chi connectivity index (χ4n) is 1.66. The number of hydrogen-bond acceptors (Lipinski definition) is 3. The number of nitrogens with zero attached hydrogens (tertiary/aromatic N) is 3. The van der Waals surface area contributed by atoms with E-state index in [1.165, 1.54) is 10.9 Å². The molecule has 1 aromatic heterocycles. The summed E-state index contributed by atoms with van der Waals surface area (Å²) in [5, 5.41) is 10.5. The highest BCUT2D eigenvalue weighted by atomic mass is 79.9. The molecule has 2 aromatic rings. The standard InChI is InChI=1S/C12H12BrFN4O/c1-7-9(13)3-4-10(14)11(7)12(19)15-5-8-6-16-18(2)17-8/h3-4,6H,5H2,1-2H3,(H,15,19). The minimum atomic E-state index is -0.544. The van der Waals surface area contributed by atoms with Crippen LogP contribution >= 0.6 is 15.9 Å². The molecule has 0 saturated carbocycles. The van der Waals surface area contributed by atoms with Crippen molar-refractivity contribution in [3.8, 4) is 0 Å². The lowest BCUT2D eigenvalue weighted by Crippen LogP contribution is -2.25. The summed E-state index contributed by atoms with van der Waals surface area (Å²) in [4.78, 5) is 13.4. The van der Waals surface area contributed by atoms with Gasteiger partial charge < -0.3 is 5.32 Å². The van der Waals surface area contributed by atoms with Gasteiger partial charge in [-0.2, -0.15) is 15.0 Å². The molecule has 7 heteroatoms. The van der Waals surface area contributed by atoms with E-state index < -0.39 is 11.7 Å². The monoisotopic (exact) mass is 326 g/mol. The van der Waals surface area contributed by atoms with E-state index in [2.05, 4.69) is 31.4 Å². The van der Waals surface area contributed by atoms with Gasteiger partial charge >= 0.3 is 0 Å². The van der Waals surface area contributed by atoms with E-state index in [0.29, 0.717) is 15.7 Å². The molecule has 0 atom stereocenters. The minimum Gasteiger partial charge on any atom is -0.346 e. The fourth-order valence-corrected chi connectivity index (χ4v) is 1.99. The van der Waals surface area contributed by atoms with Crippen LogP contribution in [0.4, 0.5) is 4.39 Å². The van der Waals surface area contributed by atoms with Gasteiger partial charge in [0.15, 0.2) is 0 Å². The number of benzene rings is 1. The van der Waals surface area contributed by atoms with E-state index in [0.717, 1.165) is 0 Å². The van der Waals surface area contributed by atoms with Gasteiger partial charge in [-0.25, -0.2) is 4.39 Å². The minimum absolute atomic E-state index is 0.0401. The molecule has 0 saturated heterocycles. The molecule has 0 fully saturated rings. The number of aryl methyl sites for hydroxylation is 1. The SMILES string of the molecule is Cc1c(Br)ccc(F)c1C(=O)NCc1cnn(C)n1. The first kappa shape index (κ1) is 13.7. The molecule has 19 heavy (non-hydrogen) atoms. The van der Waals surface area contributed by atoms with Gasteiger partial charge in [-0.05, 0) is 24.6 Å². The molecule has 0 spiro atoms. The molecule has 1 heterocycles. The van der Waals surface area contributed by atoms with Gasteiger partial charge in [-0.3, -0.25) is 4.79 Å². The Balaban J connectivity index is 2.14. The van der Waals surface area contributed by atoms with Crippen molar-refractivity contribution in [3.63, 3.8) is 0 Å². The van der Waals surface area contributed by atoms with Gasteiger partial charge in [0.25, 0.3) is 5.91 Å². The summed E-state index contributed by atoms with van der Waals surface area (Å²) in [7, 11) is 1.68. The van der Waals surface area contributed by atoms with Crippen molar-refractivity contribution in [2.24, 2.45) is 7.05 Å². The lowest BCUT2D eigenvalue weighted by Gasteiger charge is -2.09. The lowest BCUT2D eigenvalue weighted by molar-refractivity contribution is 0.0945. The van der Waals surface area contributed by atoms with Crippen LogP contribution in [0.2, 0.25) is 0 Å². The number of amides is 1. The van der Waals surface area contributed by atoms with Gasteiger partial charge in [-0.1, -0.05) is 15.9 Å². The normalized spacial score (nSPS) is 10.5. The molecule has 0 bridgehead atoms. The quantitative estimate of drug-likeness (QED) is 0.937. The Hall–Kier alpha value is -1.76. The van der Waals surface area contributed by atoms with E-state index in [-0.39, 0.29) is 12.1 Å². The summed E-state index contributed by atoms with van der Waals surface area (Å²) in [6.45, 7) is 1.89. The van der Waals surface area contributed by atoms with Crippen molar-refractivity contribution < 1.29 is 9.18 Å². The first-order chi connectivity index (χ1) is 8.99. The van der Waals surface area contributed by atoms with E-state index in [1.807, 2.05) is 0 Å².